The minimum atomic E-state index is -0.503. The lowest BCUT2D eigenvalue weighted by Crippen LogP contribution is -2.36. The Hall–Kier alpha value is -1.55. The van der Waals surface area contributed by atoms with Crippen molar-refractivity contribution >= 4 is 23.3 Å². The molecule has 1 heterocycles. The topological polar surface area (TPSA) is 58.7 Å². The number of hydrazone groups is 1. The number of carbonyl (C=O) groups excluding carboxylic acids is 1. The van der Waals surface area contributed by atoms with Crippen LogP contribution in [0.3, 0.4) is 0 Å². The summed E-state index contributed by atoms with van der Waals surface area (Å²) in [4.78, 5) is 11.4. The van der Waals surface area contributed by atoms with Crippen LogP contribution in [-0.2, 0) is 0 Å². The molecule has 1 unspecified atom stereocenters. The van der Waals surface area contributed by atoms with Gasteiger partial charge in [0, 0.05) is 10.4 Å². The number of hydrogen-bond acceptors (Lipinski definition) is 2. The van der Waals surface area contributed by atoms with Gasteiger partial charge < -0.3 is 5.73 Å². The Morgan fingerprint density at radius 3 is 2.65 bits per heavy atom. The van der Waals surface area contributed by atoms with E-state index in [9.17, 15) is 4.79 Å². The molecule has 0 fully saturated rings. The lowest BCUT2D eigenvalue weighted by atomic mass is 9.78. The molecule has 5 heteroatoms. The van der Waals surface area contributed by atoms with Crippen molar-refractivity contribution in [2.75, 3.05) is 6.54 Å². The average molecular weight is 294 g/mol. The molecular weight excluding hydrogens is 274 g/mol. The number of nitrogens with two attached hydrogens (primary N) is 1. The van der Waals surface area contributed by atoms with Crippen molar-refractivity contribution in [3.8, 4) is 0 Å². The number of halogens is 1. The highest BCUT2D eigenvalue weighted by atomic mass is 35.5. The van der Waals surface area contributed by atoms with E-state index in [4.69, 9.17) is 17.3 Å². The van der Waals surface area contributed by atoms with Crippen LogP contribution in [0.25, 0.3) is 0 Å². The fraction of sp³-hybridized carbons (Fsp3) is 0.467. The van der Waals surface area contributed by atoms with Gasteiger partial charge in [-0.3, -0.25) is 0 Å². The van der Waals surface area contributed by atoms with Gasteiger partial charge in [0.05, 0.1) is 12.3 Å². The van der Waals surface area contributed by atoms with Gasteiger partial charge in [-0.15, -0.1) is 0 Å². The van der Waals surface area contributed by atoms with Crippen LogP contribution >= 0.6 is 11.6 Å². The van der Waals surface area contributed by atoms with E-state index in [1.807, 2.05) is 24.3 Å². The lowest BCUT2D eigenvalue weighted by Gasteiger charge is -2.25. The van der Waals surface area contributed by atoms with Gasteiger partial charge in [0.2, 0.25) is 0 Å². The molecule has 0 radical (unpaired) electrons. The predicted molar refractivity (Wildman–Crippen MR) is 81.9 cm³/mol. The number of primary amides is 1. The third-order valence-corrected chi connectivity index (χ3v) is 4.00. The molecule has 0 bridgehead atoms. The van der Waals surface area contributed by atoms with E-state index < -0.39 is 6.03 Å². The van der Waals surface area contributed by atoms with Crippen LogP contribution in [0.5, 0.6) is 0 Å². The van der Waals surface area contributed by atoms with Crippen LogP contribution in [0.15, 0.2) is 29.4 Å². The fourth-order valence-electron chi connectivity index (χ4n) is 2.59. The summed E-state index contributed by atoms with van der Waals surface area (Å²) in [6, 6.07) is 7.06. The van der Waals surface area contributed by atoms with E-state index in [0.29, 0.717) is 11.6 Å². The lowest BCUT2D eigenvalue weighted by molar-refractivity contribution is 0.202. The molecule has 0 saturated carbocycles. The molecule has 2 amide bonds. The van der Waals surface area contributed by atoms with Gasteiger partial charge in [0.15, 0.2) is 0 Å². The maximum atomic E-state index is 11.4. The van der Waals surface area contributed by atoms with Gasteiger partial charge in [-0.1, -0.05) is 50.4 Å². The third kappa shape index (κ3) is 2.96. The molecule has 108 valence electrons. The van der Waals surface area contributed by atoms with Gasteiger partial charge in [-0.2, -0.15) is 5.10 Å². The van der Waals surface area contributed by atoms with Gasteiger partial charge >= 0.3 is 6.03 Å². The normalized spacial score (nSPS) is 21.9. The summed E-state index contributed by atoms with van der Waals surface area (Å²) >= 11 is 5.93. The van der Waals surface area contributed by atoms with Crippen molar-refractivity contribution in [3.63, 3.8) is 0 Å². The van der Waals surface area contributed by atoms with Crippen LogP contribution < -0.4 is 5.73 Å². The summed E-state index contributed by atoms with van der Waals surface area (Å²) in [5.41, 5.74) is 7.13. The molecule has 2 rings (SSSR count). The van der Waals surface area contributed by atoms with Crippen LogP contribution in [-0.4, -0.2) is 23.3 Å². The molecule has 1 aromatic rings. The summed E-state index contributed by atoms with van der Waals surface area (Å²) < 4.78 is 0. The molecule has 0 aliphatic carbocycles. The van der Waals surface area contributed by atoms with E-state index in [1.165, 1.54) is 5.01 Å². The van der Waals surface area contributed by atoms with Crippen LogP contribution in [0.4, 0.5) is 4.79 Å². The van der Waals surface area contributed by atoms with Crippen LogP contribution in [0.1, 0.15) is 38.7 Å². The SMILES string of the molecule is CCCCC1(C)CN(C(N)=O)N=C1c1ccc(Cl)cc1. The van der Waals surface area contributed by atoms with E-state index >= 15 is 0 Å². The molecule has 0 saturated heterocycles. The number of amides is 2. The molecule has 20 heavy (non-hydrogen) atoms. The Morgan fingerprint density at radius 1 is 1.45 bits per heavy atom. The standard InChI is InChI=1S/C15H20ClN3O/c1-3-4-9-15(2)10-19(14(17)20)18-13(15)11-5-7-12(16)8-6-11/h5-8H,3-4,9-10H2,1-2H3,(H2,17,20). The number of carbonyl (C=O) groups is 1. The van der Waals surface area contributed by atoms with Crippen molar-refractivity contribution in [1.82, 2.24) is 5.01 Å². The number of hydrogen-bond donors (Lipinski definition) is 1. The summed E-state index contributed by atoms with van der Waals surface area (Å²) in [6.07, 6.45) is 3.19. The molecule has 0 spiro atoms. The first-order valence-corrected chi connectivity index (χ1v) is 7.26. The maximum absolute atomic E-state index is 11.4. The Bertz CT molecular complexity index is 526. The zero-order chi connectivity index (χ0) is 14.8. The van der Waals surface area contributed by atoms with E-state index in [-0.39, 0.29) is 5.41 Å². The largest absolute Gasteiger partial charge is 0.350 e. The zero-order valence-electron chi connectivity index (χ0n) is 11.9. The maximum Gasteiger partial charge on any atom is 0.335 e. The smallest absolute Gasteiger partial charge is 0.335 e. The highest BCUT2D eigenvalue weighted by molar-refractivity contribution is 6.30. The monoisotopic (exact) mass is 293 g/mol. The molecule has 1 atom stereocenters. The zero-order valence-corrected chi connectivity index (χ0v) is 12.7. The first kappa shape index (κ1) is 14.9. The second-order valence-corrected chi connectivity index (χ2v) is 5.95. The van der Waals surface area contributed by atoms with Crippen molar-refractivity contribution < 1.29 is 4.79 Å². The Kier molecular flexibility index (Phi) is 4.33. The minimum Gasteiger partial charge on any atom is -0.350 e. The van der Waals surface area contributed by atoms with Gasteiger partial charge in [-0.25, -0.2) is 9.80 Å². The van der Waals surface area contributed by atoms with Gasteiger partial charge in [0.1, 0.15) is 0 Å². The molecule has 1 aromatic carbocycles. The van der Waals surface area contributed by atoms with Crippen molar-refractivity contribution in [2.45, 2.75) is 33.1 Å². The van der Waals surface area contributed by atoms with Crippen LogP contribution in [0, 0.1) is 5.41 Å². The molecule has 2 N–H and O–H groups in total. The van der Waals surface area contributed by atoms with Crippen molar-refractivity contribution in [3.05, 3.63) is 34.9 Å². The van der Waals surface area contributed by atoms with E-state index in [0.717, 1.165) is 30.5 Å². The molecular formula is C15H20ClN3O. The number of unbranched alkanes of at least 4 members (excludes halogenated alkanes) is 1. The molecule has 1 aliphatic heterocycles. The highest BCUT2D eigenvalue weighted by Crippen LogP contribution is 2.35. The van der Waals surface area contributed by atoms with E-state index in [2.05, 4.69) is 18.9 Å². The Labute approximate surface area is 124 Å². The van der Waals surface area contributed by atoms with E-state index in [1.54, 1.807) is 0 Å². The molecule has 4 nitrogen and oxygen atoms in total. The Balaban J connectivity index is 2.35. The highest BCUT2D eigenvalue weighted by Gasteiger charge is 2.40. The van der Waals surface area contributed by atoms with Gasteiger partial charge in [0.25, 0.3) is 0 Å². The number of rotatable bonds is 4. The fourth-order valence-corrected chi connectivity index (χ4v) is 2.71. The second kappa shape index (κ2) is 5.83. The van der Waals surface area contributed by atoms with Crippen molar-refractivity contribution in [1.29, 1.82) is 0 Å². The quantitative estimate of drug-likeness (QED) is 0.905. The number of urea groups is 1. The van der Waals surface area contributed by atoms with Crippen LogP contribution in [0.2, 0.25) is 5.02 Å². The van der Waals surface area contributed by atoms with Gasteiger partial charge in [-0.05, 0) is 24.1 Å². The number of nitrogens with zero attached hydrogens (tertiary/aromatic N) is 2. The average Bonchev–Trinajstić information content (AvgIpc) is 2.76. The minimum absolute atomic E-state index is 0.154. The van der Waals surface area contributed by atoms with Crippen molar-refractivity contribution in [2.24, 2.45) is 16.3 Å². The summed E-state index contributed by atoms with van der Waals surface area (Å²) in [5.74, 6) is 0. The summed E-state index contributed by atoms with van der Waals surface area (Å²) in [5, 5.41) is 6.48. The second-order valence-electron chi connectivity index (χ2n) is 5.52. The molecule has 1 aliphatic rings. The third-order valence-electron chi connectivity index (χ3n) is 3.75. The first-order chi connectivity index (χ1) is 9.46. The summed E-state index contributed by atoms with van der Waals surface area (Å²) in [6.45, 7) is 4.84. The molecule has 0 aromatic heterocycles. The predicted octanol–water partition coefficient (Wildman–Crippen LogP) is 3.63. The first-order valence-electron chi connectivity index (χ1n) is 6.88. The Morgan fingerprint density at radius 2 is 2.10 bits per heavy atom. The summed E-state index contributed by atoms with van der Waals surface area (Å²) in [7, 11) is 0. The number of benzene rings is 1.